The molecule has 0 spiro atoms. The number of ether oxygens (including phenoxy) is 3. The Bertz CT molecular complexity index is 2100. The Morgan fingerprint density at radius 3 is 2.02 bits per heavy atom. The van der Waals surface area contributed by atoms with Gasteiger partial charge in [-0.05, 0) is 54.3 Å². The van der Waals surface area contributed by atoms with Crippen molar-refractivity contribution in [3.63, 3.8) is 0 Å². The van der Waals surface area contributed by atoms with Crippen molar-refractivity contribution < 1.29 is 55.7 Å². The molecule has 0 aliphatic carbocycles. The molecule has 0 radical (unpaired) electrons. The molecule has 2 N–H and O–H groups in total. The summed E-state index contributed by atoms with van der Waals surface area (Å²) in [6.07, 6.45) is 9.34. The van der Waals surface area contributed by atoms with Crippen LogP contribution in [-0.4, -0.2) is 45.1 Å². The van der Waals surface area contributed by atoms with Gasteiger partial charge >= 0.3 is 33.3 Å². The Hall–Kier alpha value is -4.41. The zero-order valence-corrected chi connectivity index (χ0v) is 35.1. The number of hydrogen-bond acceptors (Lipinski definition) is 14. The van der Waals surface area contributed by atoms with Crippen molar-refractivity contribution >= 4 is 27.6 Å². The second-order valence-electron chi connectivity index (χ2n) is 13.9. The second-order valence-corrected chi connectivity index (χ2v) is 17.1. The highest BCUT2D eigenvalue weighted by molar-refractivity contribution is 7.61. The molecule has 19 nitrogen and oxygen atoms in total. The minimum atomic E-state index is -5.30. The fourth-order valence-electron chi connectivity index (χ4n) is 5.97. The van der Waals surface area contributed by atoms with Gasteiger partial charge in [-0.3, -0.25) is 37.5 Å². The molecule has 3 aromatic rings. The number of aromatic amines is 1. The molecule has 1 aliphatic rings. The van der Waals surface area contributed by atoms with E-state index in [4.69, 9.17) is 37.6 Å². The van der Waals surface area contributed by atoms with Crippen LogP contribution < -0.4 is 20.7 Å². The van der Waals surface area contributed by atoms with Crippen LogP contribution in [0.3, 0.4) is 0 Å². The normalized spacial score (nSPS) is 18.3. The van der Waals surface area contributed by atoms with Gasteiger partial charge in [-0.15, -0.1) is 0 Å². The number of H-pyrrole nitrogens is 1. The van der Waals surface area contributed by atoms with Gasteiger partial charge in [0.25, 0.3) is 5.56 Å². The number of nitrogens with one attached hydrogen (secondary N) is 1. The zero-order valence-electron chi connectivity index (χ0n) is 33.3. The van der Waals surface area contributed by atoms with Crippen molar-refractivity contribution in [3.05, 3.63) is 103 Å². The lowest BCUT2D eigenvalue weighted by molar-refractivity contribution is -0.134. The molecule has 0 bridgehead atoms. The quantitative estimate of drug-likeness (QED) is 0.0155. The molecule has 1 fully saturated rings. The number of phosphoric ester groups is 2. The molecular formula is C38H51N5O14P2. The van der Waals surface area contributed by atoms with E-state index in [1.165, 1.54) is 101 Å². The third-order valence-electron chi connectivity index (χ3n) is 9.07. The van der Waals surface area contributed by atoms with Gasteiger partial charge < -0.3 is 19.1 Å². The second kappa shape index (κ2) is 23.4. The van der Waals surface area contributed by atoms with Crippen molar-refractivity contribution in [2.45, 2.75) is 123 Å². The maximum Gasteiger partial charge on any atom is 0.484 e. The van der Waals surface area contributed by atoms with Crippen LogP contribution in [0.1, 0.15) is 107 Å². The number of rotatable bonds is 25. The van der Waals surface area contributed by atoms with E-state index in [2.05, 4.69) is 21.9 Å². The van der Waals surface area contributed by atoms with Crippen LogP contribution in [-0.2, 0) is 54.6 Å². The fraction of sp³-hybridized carbons (Fsp3) is 0.526. The van der Waals surface area contributed by atoms with Crippen molar-refractivity contribution in [1.82, 2.24) is 9.55 Å². The molecule has 4 rings (SSSR count). The van der Waals surface area contributed by atoms with Crippen LogP contribution in [0.15, 0.2) is 69.4 Å². The molecule has 322 valence electrons. The van der Waals surface area contributed by atoms with Crippen molar-refractivity contribution in [1.29, 1.82) is 0 Å². The van der Waals surface area contributed by atoms with Gasteiger partial charge in [0.15, 0.2) is 0 Å². The molecule has 59 heavy (non-hydrogen) atoms. The summed E-state index contributed by atoms with van der Waals surface area (Å²) < 4.78 is 65.6. The van der Waals surface area contributed by atoms with E-state index >= 15 is 0 Å². The Kier molecular flexibility index (Phi) is 18.7. The van der Waals surface area contributed by atoms with E-state index in [9.17, 15) is 33.2 Å². The number of carbonyl (C=O) groups excluding carboxylic acids is 2. The van der Waals surface area contributed by atoms with E-state index < -0.39 is 71.1 Å². The van der Waals surface area contributed by atoms with Gasteiger partial charge in [-0.2, -0.15) is 4.31 Å². The van der Waals surface area contributed by atoms with Gasteiger partial charge in [0.2, 0.25) is 0 Å². The number of benzene rings is 2. The summed E-state index contributed by atoms with van der Waals surface area (Å²) in [7, 11) is -10.2. The van der Waals surface area contributed by atoms with Gasteiger partial charge in [-0.25, -0.2) is 13.9 Å². The van der Waals surface area contributed by atoms with E-state index in [0.29, 0.717) is 11.1 Å². The number of azide groups is 1. The van der Waals surface area contributed by atoms with E-state index in [0.717, 1.165) is 30.3 Å². The average Bonchev–Trinajstić information content (AvgIpc) is 3.59. The summed E-state index contributed by atoms with van der Waals surface area (Å²) in [5, 5.41) is 3.64. The fourth-order valence-corrected chi connectivity index (χ4v) is 8.57. The number of hydrogen-bond donors (Lipinski definition) is 2. The Morgan fingerprint density at radius 1 is 0.898 bits per heavy atom. The minimum Gasteiger partial charge on any atom is -0.427 e. The predicted octanol–water partition coefficient (Wildman–Crippen LogP) is 8.24. The van der Waals surface area contributed by atoms with Crippen molar-refractivity contribution in [2.24, 2.45) is 5.11 Å². The predicted molar refractivity (Wildman–Crippen MR) is 213 cm³/mol. The molecule has 1 saturated heterocycles. The highest BCUT2D eigenvalue weighted by atomic mass is 31.3. The number of phosphoric acid groups is 2. The topological polar surface area (TPSA) is 257 Å². The highest BCUT2D eigenvalue weighted by Crippen LogP contribution is 2.64. The molecular weight excluding hydrogens is 812 g/mol. The number of carbonyl (C=O) groups is 2. The third kappa shape index (κ3) is 16.3. The van der Waals surface area contributed by atoms with E-state index in [1.54, 1.807) is 0 Å². The Morgan fingerprint density at radius 2 is 1.46 bits per heavy atom. The maximum atomic E-state index is 13.9. The lowest BCUT2D eigenvalue weighted by atomic mass is 10.1. The largest absolute Gasteiger partial charge is 0.484 e. The first-order chi connectivity index (χ1) is 28.2. The summed E-state index contributed by atoms with van der Waals surface area (Å²) >= 11 is 0. The van der Waals surface area contributed by atoms with Crippen LogP contribution >= 0.6 is 15.6 Å². The van der Waals surface area contributed by atoms with E-state index in [1.807, 2.05) is 0 Å². The lowest BCUT2D eigenvalue weighted by Crippen LogP contribution is -2.33. The summed E-state index contributed by atoms with van der Waals surface area (Å²) in [4.78, 5) is 63.6. The zero-order chi connectivity index (χ0) is 42.8. The number of esters is 2. The highest BCUT2D eigenvalue weighted by Gasteiger charge is 2.42. The van der Waals surface area contributed by atoms with Crippen LogP contribution in [0, 0.1) is 6.92 Å². The van der Waals surface area contributed by atoms with E-state index in [-0.39, 0.29) is 35.9 Å². The lowest BCUT2D eigenvalue weighted by Gasteiger charge is -2.22. The standard InChI is InChI=1S/C38H51N5O14P2/c1-4-5-6-7-8-9-10-11-12-13-36(45)55-32-20-16-30(17-21-32)25-53-59(50,52-24-29-14-18-31(19-15-29)54-28(3)44)57-58(48,49)51-26-34-33(41-42-39)22-35(56-34)43-23-27(2)37(46)40-38(43)47/h14-21,23,33-35H,4-13,22,24-26H2,1-3H3,(H,48,49)(H,40,46,47)/t33-,34+,35+,59?/m0/s1. The Balaban J connectivity index is 1.37. The van der Waals surface area contributed by atoms with Gasteiger partial charge in [0.05, 0.1) is 32.0 Å². The van der Waals surface area contributed by atoms with Crippen LogP contribution in [0.2, 0.25) is 0 Å². The number of unbranched alkanes of at least 4 members (excludes halogenated alkanes) is 8. The SMILES string of the molecule is CCCCCCCCCCCC(=O)Oc1ccc(COP(=O)(OCc2ccc(OC(C)=O)cc2)OP(=O)(O)OC[C@H]2O[C@@H](n3cc(C)c(=O)[nH]c3=O)C[C@@H]2N=[N+]=[N-])cc1. The van der Waals surface area contributed by atoms with Crippen LogP contribution in [0.25, 0.3) is 10.4 Å². The monoisotopic (exact) mass is 863 g/mol. The molecule has 1 aliphatic heterocycles. The first-order valence-corrected chi connectivity index (χ1v) is 22.3. The van der Waals surface area contributed by atoms with Crippen molar-refractivity contribution in [2.75, 3.05) is 6.61 Å². The molecule has 2 heterocycles. The summed E-state index contributed by atoms with van der Waals surface area (Å²) in [5.41, 5.74) is 8.73. The van der Waals surface area contributed by atoms with Crippen LogP contribution in [0.5, 0.6) is 11.5 Å². The average molecular weight is 864 g/mol. The molecule has 21 heteroatoms. The third-order valence-corrected chi connectivity index (χ3v) is 12.1. The number of aromatic nitrogens is 2. The van der Waals surface area contributed by atoms with Gasteiger partial charge in [0, 0.05) is 36.4 Å². The first kappa shape index (κ1) is 47.3. The molecule has 2 unspecified atom stereocenters. The number of nitrogens with zero attached hydrogens (tertiary/aromatic N) is 4. The number of aryl methyl sites for hydroxylation is 1. The molecule has 5 atom stereocenters. The minimum absolute atomic E-state index is 0.0572. The van der Waals surface area contributed by atoms with Gasteiger partial charge in [0.1, 0.15) is 17.7 Å². The molecule has 0 amide bonds. The summed E-state index contributed by atoms with van der Waals surface area (Å²) in [5.74, 6) is -0.387. The Labute approximate surface area is 341 Å². The van der Waals surface area contributed by atoms with Crippen LogP contribution in [0.4, 0.5) is 0 Å². The summed E-state index contributed by atoms with van der Waals surface area (Å²) in [6.45, 7) is 3.26. The molecule has 0 saturated carbocycles. The van der Waals surface area contributed by atoms with Gasteiger partial charge in [-0.1, -0.05) is 87.7 Å². The maximum absolute atomic E-state index is 13.9. The van der Waals surface area contributed by atoms with Crippen molar-refractivity contribution in [3.8, 4) is 11.5 Å². The smallest absolute Gasteiger partial charge is 0.427 e. The first-order valence-electron chi connectivity index (χ1n) is 19.4. The molecule has 2 aromatic carbocycles. The summed E-state index contributed by atoms with van der Waals surface area (Å²) in [6, 6.07) is 11.0. The molecule has 1 aromatic heterocycles.